The third-order valence-corrected chi connectivity index (χ3v) is 1.84. The fraction of sp³-hybridized carbons (Fsp3) is 0.125. The zero-order chi connectivity index (χ0) is 10.3. The van der Waals surface area contributed by atoms with Crippen LogP contribution in [0.15, 0.2) is 18.5 Å². The number of imidazole rings is 1. The first kappa shape index (κ1) is 8.98. The van der Waals surface area contributed by atoms with E-state index in [4.69, 9.17) is 0 Å². The van der Waals surface area contributed by atoms with Gasteiger partial charge in [-0.3, -0.25) is 0 Å². The summed E-state index contributed by atoms with van der Waals surface area (Å²) in [5, 5.41) is 0. The third kappa shape index (κ3) is 1.23. The average molecular weight is 204 g/mol. The van der Waals surface area contributed by atoms with E-state index < -0.39 is 17.6 Å². The van der Waals surface area contributed by atoms with Crippen LogP contribution >= 0.6 is 0 Å². The number of hydrogen-bond donors (Lipinski definition) is 1. The summed E-state index contributed by atoms with van der Waals surface area (Å²) in [7, 11) is 0. The second-order valence-electron chi connectivity index (χ2n) is 2.72. The summed E-state index contributed by atoms with van der Waals surface area (Å²) >= 11 is 0. The van der Waals surface area contributed by atoms with Gasteiger partial charge in [-0.1, -0.05) is 0 Å². The standard InChI is InChI=1S/C8H4F4N2/c9-6-4(8(10,11)12)1-2-5-7(6)14-3-13-5/h1-3H,(H,13,14). The molecular formula is C8H4F4N2. The molecule has 1 aromatic carbocycles. The number of halogens is 4. The number of alkyl halides is 3. The van der Waals surface area contributed by atoms with Crippen LogP contribution < -0.4 is 0 Å². The number of aromatic nitrogens is 2. The van der Waals surface area contributed by atoms with Gasteiger partial charge in [0.2, 0.25) is 0 Å². The molecule has 1 N–H and O–H groups in total. The zero-order valence-electron chi connectivity index (χ0n) is 6.69. The molecule has 0 amide bonds. The molecule has 2 nitrogen and oxygen atoms in total. The largest absolute Gasteiger partial charge is 0.419 e. The summed E-state index contributed by atoms with van der Waals surface area (Å²) in [5.41, 5.74) is -1.34. The molecule has 0 atom stereocenters. The van der Waals surface area contributed by atoms with Crippen LogP contribution in [0.4, 0.5) is 17.6 Å². The first-order valence-electron chi connectivity index (χ1n) is 3.69. The number of aromatic amines is 1. The molecule has 0 radical (unpaired) electrons. The van der Waals surface area contributed by atoms with E-state index >= 15 is 0 Å². The fourth-order valence-electron chi connectivity index (χ4n) is 1.19. The van der Waals surface area contributed by atoms with Crippen molar-refractivity contribution in [1.82, 2.24) is 9.97 Å². The van der Waals surface area contributed by atoms with Crippen molar-refractivity contribution in [2.75, 3.05) is 0 Å². The van der Waals surface area contributed by atoms with E-state index in [0.717, 1.165) is 12.4 Å². The lowest BCUT2D eigenvalue weighted by Crippen LogP contribution is -2.08. The number of benzene rings is 1. The van der Waals surface area contributed by atoms with Gasteiger partial charge in [0.1, 0.15) is 5.52 Å². The Labute approximate surface area is 75.6 Å². The summed E-state index contributed by atoms with van der Waals surface area (Å²) in [6, 6.07) is 1.84. The number of nitrogens with zero attached hydrogens (tertiary/aromatic N) is 1. The minimum atomic E-state index is -4.68. The first-order valence-corrected chi connectivity index (χ1v) is 3.69. The summed E-state index contributed by atoms with van der Waals surface area (Å²) in [5.74, 6) is -1.34. The monoisotopic (exact) mass is 204 g/mol. The van der Waals surface area contributed by atoms with Crippen LogP contribution in [0.2, 0.25) is 0 Å². The molecule has 1 aromatic heterocycles. The lowest BCUT2D eigenvalue weighted by molar-refractivity contribution is -0.139. The Morgan fingerprint density at radius 1 is 1.21 bits per heavy atom. The Bertz CT molecular complexity index is 472. The van der Waals surface area contributed by atoms with Gasteiger partial charge in [0, 0.05) is 0 Å². The van der Waals surface area contributed by atoms with Gasteiger partial charge in [-0.15, -0.1) is 0 Å². The smallest absolute Gasteiger partial charge is 0.345 e. The number of rotatable bonds is 0. The lowest BCUT2D eigenvalue weighted by Gasteiger charge is -2.07. The molecule has 0 spiro atoms. The molecule has 2 aromatic rings. The molecule has 2 rings (SSSR count). The van der Waals surface area contributed by atoms with Crippen LogP contribution in [0, 0.1) is 5.82 Å². The molecule has 1 heterocycles. The third-order valence-electron chi connectivity index (χ3n) is 1.84. The molecular weight excluding hydrogens is 200 g/mol. The van der Waals surface area contributed by atoms with Crippen LogP contribution in [-0.4, -0.2) is 9.97 Å². The van der Waals surface area contributed by atoms with Gasteiger partial charge in [-0.2, -0.15) is 13.2 Å². The van der Waals surface area contributed by atoms with Crippen LogP contribution in [0.5, 0.6) is 0 Å². The van der Waals surface area contributed by atoms with Gasteiger partial charge in [-0.25, -0.2) is 9.37 Å². The molecule has 0 saturated carbocycles. The number of H-pyrrole nitrogens is 1. The van der Waals surface area contributed by atoms with E-state index in [1.807, 2.05) is 0 Å². The Hall–Kier alpha value is -1.59. The normalized spacial score (nSPS) is 12.3. The molecule has 0 unspecified atom stereocenters. The molecule has 0 aliphatic heterocycles. The second-order valence-corrected chi connectivity index (χ2v) is 2.72. The minimum absolute atomic E-state index is 0.246. The van der Waals surface area contributed by atoms with Crippen molar-refractivity contribution in [3.05, 3.63) is 29.8 Å². The van der Waals surface area contributed by atoms with Gasteiger partial charge in [-0.05, 0) is 12.1 Å². The van der Waals surface area contributed by atoms with Crippen molar-refractivity contribution < 1.29 is 17.6 Å². The minimum Gasteiger partial charge on any atom is -0.345 e. The topological polar surface area (TPSA) is 28.7 Å². The van der Waals surface area contributed by atoms with Crippen LogP contribution in [0.25, 0.3) is 11.0 Å². The predicted octanol–water partition coefficient (Wildman–Crippen LogP) is 2.72. The van der Waals surface area contributed by atoms with Crippen LogP contribution in [-0.2, 0) is 6.18 Å². The van der Waals surface area contributed by atoms with Crippen molar-refractivity contribution in [3.63, 3.8) is 0 Å². The zero-order valence-corrected chi connectivity index (χ0v) is 6.69. The summed E-state index contributed by atoms with van der Waals surface area (Å²) < 4.78 is 49.8. The Morgan fingerprint density at radius 3 is 2.57 bits per heavy atom. The quantitative estimate of drug-likeness (QED) is 0.656. The van der Waals surface area contributed by atoms with E-state index in [1.54, 1.807) is 0 Å². The van der Waals surface area contributed by atoms with Gasteiger partial charge < -0.3 is 4.98 Å². The van der Waals surface area contributed by atoms with Gasteiger partial charge in [0.05, 0.1) is 17.4 Å². The molecule has 0 aliphatic rings. The predicted molar refractivity (Wildman–Crippen MR) is 41.1 cm³/mol. The SMILES string of the molecule is Fc1c(C(F)(F)F)ccc2[nH]cnc12. The van der Waals surface area contributed by atoms with Crippen molar-refractivity contribution >= 4 is 11.0 Å². The van der Waals surface area contributed by atoms with Crippen molar-refractivity contribution in [1.29, 1.82) is 0 Å². The van der Waals surface area contributed by atoms with Gasteiger partial charge in [0.25, 0.3) is 0 Å². The van der Waals surface area contributed by atoms with Crippen molar-refractivity contribution in [3.8, 4) is 0 Å². The van der Waals surface area contributed by atoms with Crippen molar-refractivity contribution in [2.45, 2.75) is 6.18 Å². The molecule has 0 fully saturated rings. The lowest BCUT2D eigenvalue weighted by atomic mass is 10.2. The second kappa shape index (κ2) is 2.70. The first-order chi connectivity index (χ1) is 6.50. The highest BCUT2D eigenvalue weighted by molar-refractivity contribution is 5.76. The number of nitrogens with one attached hydrogen (secondary N) is 1. The van der Waals surface area contributed by atoms with Crippen LogP contribution in [0.3, 0.4) is 0 Å². The van der Waals surface area contributed by atoms with Gasteiger partial charge in [0.15, 0.2) is 5.82 Å². The van der Waals surface area contributed by atoms with Crippen molar-refractivity contribution in [2.24, 2.45) is 0 Å². The average Bonchev–Trinajstić information content (AvgIpc) is 2.50. The molecule has 0 aliphatic carbocycles. The Kier molecular flexibility index (Phi) is 1.73. The van der Waals surface area contributed by atoms with E-state index in [1.165, 1.54) is 0 Å². The number of hydrogen-bond acceptors (Lipinski definition) is 1. The molecule has 0 saturated heterocycles. The molecule has 74 valence electrons. The number of fused-ring (bicyclic) bond motifs is 1. The van der Waals surface area contributed by atoms with E-state index in [-0.39, 0.29) is 11.0 Å². The summed E-state index contributed by atoms with van der Waals surface area (Å²) in [6.07, 6.45) is -3.54. The van der Waals surface area contributed by atoms with E-state index in [9.17, 15) is 17.6 Å². The molecule has 6 heteroatoms. The van der Waals surface area contributed by atoms with E-state index in [2.05, 4.69) is 9.97 Å². The highest BCUT2D eigenvalue weighted by atomic mass is 19.4. The fourth-order valence-corrected chi connectivity index (χ4v) is 1.19. The summed E-state index contributed by atoms with van der Waals surface area (Å²) in [4.78, 5) is 5.98. The van der Waals surface area contributed by atoms with Gasteiger partial charge >= 0.3 is 6.18 Å². The maximum absolute atomic E-state index is 13.2. The van der Waals surface area contributed by atoms with Crippen LogP contribution in [0.1, 0.15) is 5.56 Å². The maximum Gasteiger partial charge on any atom is 0.419 e. The highest BCUT2D eigenvalue weighted by Gasteiger charge is 2.35. The highest BCUT2D eigenvalue weighted by Crippen LogP contribution is 2.33. The Balaban J connectivity index is 2.74. The molecule has 0 bridgehead atoms. The van der Waals surface area contributed by atoms with E-state index in [0.29, 0.717) is 6.07 Å². The molecule has 14 heavy (non-hydrogen) atoms. The Morgan fingerprint density at radius 2 is 1.93 bits per heavy atom. The summed E-state index contributed by atoms with van der Waals surface area (Å²) in [6.45, 7) is 0. The maximum atomic E-state index is 13.2.